The minimum Gasteiger partial charge on any atom is -0.376 e. The number of hydrogen-bond acceptors (Lipinski definition) is 5. The van der Waals surface area contributed by atoms with E-state index in [1.807, 2.05) is 36.6 Å². The first-order valence-corrected chi connectivity index (χ1v) is 13.5. The van der Waals surface area contributed by atoms with Crippen molar-refractivity contribution in [3.8, 4) is 0 Å². The van der Waals surface area contributed by atoms with Crippen molar-refractivity contribution in [1.82, 2.24) is 15.5 Å². The van der Waals surface area contributed by atoms with E-state index in [0.717, 1.165) is 49.7 Å². The summed E-state index contributed by atoms with van der Waals surface area (Å²) in [5.41, 5.74) is 1.75. The van der Waals surface area contributed by atoms with Gasteiger partial charge in [0, 0.05) is 19.2 Å². The Balaban J connectivity index is 1.59. The molecule has 2 atom stereocenters. The van der Waals surface area contributed by atoms with Crippen LogP contribution in [0.1, 0.15) is 71.8 Å². The van der Waals surface area contributed by atoms with E-state index in [1.165, 1.54) is 17.8 Å². The van der Waals surface area contributed by atoms with Crippen LogP contribution in [-0.4, -0.2) is 54.5 Å². The van der Waals surface area contributed by atoms with E-state index >= 15 is 0 Å². The van der Waals surface area contributed by atoms with Gasteiger partial charge in [-0.15, -0.1) is 11.3 Å². The van der Waals surface area contributed by atoms with Gasteiger partial charge >= 0.3 is 0 Å². The fraction of sp³-hybridized carbons (Fsp3) is 0.519. The maximum Gasteiger partial charge on any atom is 0.261 e. The molecule has 1 saturated carbocycles. The van der Waals surface area contributed by atoms with Gasteiger partial charge in [0.05, 0.1) is 17.5 Å². The summed E-state index contributed by atoms with van der Waals surface area (Å²) in [6.45, 7) is 2.75. The van der Waals surface area contributed by atoms with Gasteiger partial charge in [0.2, 0.25) is 11.8 Å². The Morgan fingerprint density at radius 2 is 1.86 bits per heavy atom. The molecule has 1 aromatic heterocycles. The number of nitrogens with zero attached hydrogens (tertiary/aromatic N) is 1. The molecule has 3 amide bonds. The summed E-state index contributed by atoms with van der Waals surface area (Å²) in [4.78, 5) is 42.0. The molecule has 2 heterocycles. The van der Waals surface area contributed by atoms with Crippen molar-refractivity contribution >= 4 is 29.1 Å². The van der Waals surface area contributed by atoms with Gasteiger partial charge in [-0.05, 0) is 55.2 Å². The van der Waals surface area contributed by atoms with E-state index in [9.17, 15) is 14.4 Å². The Hall–Kier alpha value is -2.71. The lowest BCUT2D eigenvalue weighted by molar-refractivity contribution is -0.142. The number of ether oxygens (including phenoxy) is 1. The predicted octanol–water partition coefficient (Wildman–Crippen LogP) is 3.98. The molecule has 2 N–H and O–H groups in total. The molecule has 2 aromatic rings. The molecule has 1 saturated heterocycles. The zero-order valence-electron chi connectivity index (χ0n) is 20.3. The van der Waals surface area contributed by atoms with Gasteiger partial charge in [-0.1, -0.05) is 49.6 Å². The van der Waals surface area contributed by atoms with Crippen molar-refractivity contribution in [3.05, 3.63) is 57.8 Å². The molecule has 0 spiro atoms. The Kier molecular flexibility index (Phi) is 8.93. The number of benzene rings is 1. The van der Waals surface area contributed by atoms with E-state index in [-0.39, 0.29) is 36.4 Å². The Morgan fingerprint density at radius 1 is 1.06 bits per heavy atom. The molecule has 188 valence electrons. The number of carbonyl (C=O) groups excluding carboxylic acids is 3. The van der Waals surface area contributed by atoms with Crippen LogP contribution in [-0.2, 0) is 14.3 Å². The third-order valence-corrected chi connectivity index (χ3v) is 7.75. The highest BCUT2D eigenvalue weighted by molar-refractivity contribution is 7.12. The van der Waals surface area contributed by atoms with Crippen LogP contribution in [0.4, 0.5) is 0 Å². The van der Waals surface area contributed by atoms with E-state index in [1.54, 1.807) is 17.0 Å². The summed E-state index contributed by atoms with van der Waals surface area (Å²) in [7, 11) is 0. The molecule has 0 radical (unpaired) electrons. The molecule has 35 heavy (non-hydrogen) atoms. The normalized spacial score (nSPS) is 19.2. The fourth-order valence-electron chi connectivity index (χ4n) is 4.98. The smallest absolute Gasteiger partial charge is 0.261 e. The molecule has 8 heteroatoms. The quantitative estimate of drug-likeness (QED) is 0.549. The number of rotatable bonds is 9. The van der Waals surface area contributed by atoms with Crippen LogP contribution in [0.5, 0.6) is 0 Å². The third kappa shape index (κ3) is 6.70. The number of thiophene rings is 1. The topological polar surface area (TPSA) is 87.7 Å². The molecule has 1 aromatic carbocycles. The number of aryl methyl sites for hydroxylation is 1. The second-order valence-electron chi connectivity index (χ2n) is 9.44. The van der Waals surface area contributed by atoms with E-state index in [0.29, 0.717) is 18.0 Å². The SMILES string of the molecule is Cc1ccccc1[C@H](C(=O)NC1CCCCC1)N(C[C@@H]1CCCO1)C(=O)CNC(=O)c1cccs1. The molecule has 0 unspecified atom stereocenters. The number of hydrogen-bond donors (Lipinski definition) is 2. The first-order valence-electron chi connectivity index (χ1n) is 12.6. The van der Waals surface area contributed by atoms with Crippen molar-refractivity contribution in [2.24, 2.45) is 0 Å². The standard InChI is InChI=1S/C27H35N3O4S/c1-19-9-5-6-13-22(19)25(27(33)29-20-10-3-2-4-11-20)30(18-21-12-7-15-34-21)24(31)17-28-26(32)23-14-8-16-35-23/h5-6,8-9,13-14,16,20-21,25H,2-4,7,10-12,15,17-18H2,1H3,(H,28,32)(H,29,33)/t21-,25+/m0/s1. The Bertz CT molecular complexity index is 998. The summed E-state index contributed by atoms with van der Waals surface area (Å²) >= 11 is 1.33. The molecular weight excluding hydrogens is 462 g/mol. The van der Waals surface area contributed by atoms with E-state index < -0.39 is 6.04 Å². The van der Waals surface area contributed by atoms with Gasteiger partial charge < -0.3 is 20.3 Å². The molecule has 2 fully saturated rings. The van der Waals surface area contributed by atoms with Crippen LogP contribution in [0, 0.1) is 6.92 Å². The minimum absolute atomic E-state index is 0.124. The van der Waals surface area contributed by atoms with Crippen molar-refractivity contribution in [2.45, 2.75) is 70.1 Å². The highest BCUT2D eigenvalue weighted by atomic mass is 32.1. The van der Waals surface area contributed by atoms with Crippen LogP contribution in [0.2, 0.25) is 0 Å². The molecule has 7 nitrogen and oxygen atoms in total. The summed E-state index contributed by atoms with van der Waals surface area (Å²) in [6, 6.07) is 10.6. The summed E-state index contributed by atoms with van der Waals surface area (Å²) in [5.74, 6) is -0.746. The van der Waals surface area contributed by atoms with Crippen LogP contribution >= 0.6 is 11.3 Å². The van der Waals surface area contributed by atoms with Gasteiger partial charge in [-0.2, -0.15) is 0 Å². The van der Waals surface area contributed by atoms with Crippen molar-refractivity contribution in [1.29, 1.82) is 0 Å². The average molecular weight is 498 g/mol. The van der Waals surface area contributed by atoms with E-state index in [4.69, 9.17) is 4.74 Å². The molecule has 0 bridgehead atoms. The van der Waals surface area contributed by atoms with Crippen molar-refractivity contribution < 1.29 is 19.1 Å². The van der Waals surface area contributed by atoms with Gasteiger partial charge in [0.15, 0.2) is 0 Å². The van der Waals surface area contributed by atoms with Crippen LogP contribution in [0.15, 0.2) is 41.8 Å². The molecular formula is C27H35N3O4S. The Morgan fingerprint density at radius 3 is 2.54 bits per heavy atom. The van der Waals surface area contributed by atoms with Crippen LogP contribution in [0.25, 0.3) is 0 Å². The largest absolute Gasteiger partial charge is 0.376 e. The minimum atomic E-state index is -0.784. The lowest BCUT2D eigenvalue weighted by atomic mass is 9.94. The second-order valence-corrected chi connectivity index (χ2v) is 10.4. The van der Waals surface area contributed by atoms with Crippen molar-refractivity contribution in [3.63, 3.8) is 0 Å². The molecule has 2 aliphatic rings. The summed E-state index contributed by atoms with van der Waals surface area (Å²) in [6.07, 6.45) is 6.98. The monoisotopic (exact) mass is 497 g/mol. The number of carbonyl (C=O) groups is 3. The highest BCUT2D eigenvalue weighted by Gasteiger charge is 2.36. The molecule has 1 aliphatic carbocycles. The number of amides is 3. The summed E-state index contributed by atoms with van der Waals surface area (Å²) in [5, 5.41) is 7.80. The highest BCUT2D eigenvalue weighted by Crippen LogP contribution is 2.28. The van der Waals surface area contributed by atoms with Gasteiger partial charge in [0.1, 0.15) is 6.04 Å². The maximum atomic E-state index is 13.8. The number of nitrogens with one attached hydrogen (secondary N) is 2. The fourth-order valence-corrected chi connectivity index (χ4v) is 5.62. The van der Waals surface area contributed by atoms with Gasteiger partial charge in [0.25, 0.3) is 5.91 Å². The van der Waals surface area contributed by atoms with Crippen molar-refractivity contribution in [2.75, 3.05) is 19.7 Å². The lowest BCUT2D eigenvalue weighted by Gasteiger charge is -2.35. The Labute approximate surface area is 211 Å². The summed E-state index contributed by atoms with van der Waals surface area (Å²) < 4.78 is 5.85. The predicted molar refractivity (Wildman–Crippen MR) is 136 cm³/mol. The van der Waals surface area contributed by atoms with Crippen LogP contribution in [0.3, 0.4) is 0 Å². The van der Waals surface area contributed by atoms with Gasteiger partial charge in [-0.25, -0.2) is 0 Å². The first-order chi connectivity index (χ1) is 17.0. The second kappa shape index (κ2) is 12.3. The van der Waals surface area contributed by atoms with Gasteiger partial charge in [-0.3, -0.25) is 14.4 Å². The zero-order valence-corrected chi connectivity index (χ0v) is 21.1. The van der Waals surface area contributed by atoms with Crippen LogP contribution < -0.4 is 10.6 Å². The molecule has 1 aliphatic heterocycles. The average Bonchev–Trinajstić information content (AvgIpc) is 3.58. The maximum absolute atomic E-state index is 13.8. The molecule has 4 rings (SSSR count). The first kappa shape index (κ1) is 25.4. The lowest BCUT2D eigenvalue weighted by Crippen LogP contribution is -2.51. The zero-order chi connectivity index (χ0) is 24.6. The third-order valence-electron chi connectivity index (χ3n) is 6.88. The van der Waals surface area contributed by atoms with E-state index in [2.05, 4.69) is 10.6 Å².